The van der Waals surface area contributed by atoms with Crippen LogP contribution in [0.4, 0.5) is 0 Å². The number of nitrogens with one attached hydrogen (secondary N) is 1. The molecule has 2 aliphatic heterocycles. The number of hydrogen-bond acceptors (Lipinski definition) is 2. The van der Waals surface area contributed by atoms with Crippen molar-refractivity contribution >= 4 is 6.21 Å². The van der Waals surface area contributed by atoms with Crippen LogP contribution in [0.2, 0.25) is 0 Å². The van der Waals surface area contributed by atoms with E-state index in [1.807, 2.05) is 18.5 Å². The highest BCUT2D eigenvalue weighted by Crippen LogP contribution is 2.19. The molecule has 1 N–H and O–H groups in total. The number of aliphatic imine (C=N–C) groups is 1. The van der Waals surface area contributed by atoms with Gasteiger partial charge in [-0.2, -0.15) is 0 Å². The van der Waals surface area contributed by atoms with Gasteiger partial charge in [-0.1, -0.05) is 12.7 Å². The van der Waals surface area contributed by atoms with E-state index in [-0.39, 0.29) is 0 Å². The van der Waals surface area contributed by atoms with Gasteiger partial charge in [0.15, 0.2) is 0 Å². The highest BCUT2D eigenvalue weighted by Gasteiger charge is 2.23. The lowest BCUT2D eigenvalue weighted by Gasteiger charge is -2.14. The summed E-state index contributed by atoms with van der Waals surface area (Å²) in [6, 6.07) is 0.403. The van der Waals surface area contributed by atoms with Gasteiger partial charge < -0.3 is 5.32 Å². The molecule has 0 radical (unpaired) electrons. The third kappa shape index (κ3) is 1.00. The van der Waals surface area contributed by atoms with Gasteiger partial charge in [0.05, 0.1) is 6.04 Å². The predicted molar refractivity (Wildman–Crippen MR) is 46.3 cm³/mol. The Labute approximate surface area is 66.0 Å². The molecule has 2 aliphatic rings. The number of hydrogen-bond donors (Lipinski definition) is 1. The normalized spacial score (nSPS) is 32.5. The van der Waals surface area contributed by atoms with E-state index >= 15 is 0 Å². The molecule has 0 aromatic carbocycles. The molecule has 2 heteroatoms. The van der Waals surface area contributed by atoms with Crippen LogP contribution >= 0.6 is 0 Å². The van der Waals surface area contributed by atoms with E-state index < -0.39 is 0 Å². The summed E-state index contributed by atoms with van der Waals surface area (Å²) in [6.07, 6.45) is 9.82. The molecule has 2 heterocycles. The molecule has 0 aromatic rings. The van der Waals surface area contributed by atoms with E-state index in [2.05, 4.69) is 29.0 Å². The van der Waals surface area contributed by atoms with E-state index in [4.69, 9.17) is 0 Å². The molecule has 0 saturated carbocycles. The Hall–Kier alpha value is -1.31. The van der Waals surface area contributed by atoms with Crippen LogP contribution in [0, 0.1) is 5.92 Å². The maximum atomic E-state index is 4.06. The molecule has 0 spiro atoms. The number of fused-ring (bicyclic) bond motifs is 1. The molecule has 56 valence electrons. The Morgan fingerprint density at radius 3 is 3.27 bits per heavy atom. The van der Waals surface area contributed by atoms with Crippen molar-refractivity contribution in [3.05, 3.63) is 36.7 Å². The van der Waals surface area contributed by atoms with Gasteiger partial charge in [0.2, 0.25) is 0 Å². The van der Waals surface area contributed by atoms with Gasteiger partial charge in [-0.15, -0.1) is 0 Å². The molecule has 2 unspecified atom stereocenters. The van der Waals surface area contributed by atoms with Crippen molar-refractivity contribution in [2.45, 2.75) is 6.04 Å². The molecule has 0 aromatic heterocycles. The summed E-state index contributed by atoms with van der Waals surface area (Å²) < 4.78 is 0. The third-order valence-electron chi connectivity index (χ3n) is 1.98. The standard InChI is InChI=1S/C9H10N2/c1-2-8-5-7-6-10-4-3-9(7)11-8/h2-7,9,11H,1H2. The minimum Gasteiger partial charge on any atom is -0.378 e. The van der Waals surface area contributed by atoms with E-state index in [1.165, 1.54) is 0 Å². The smallest absolute Gasteiger partial charge is 0.0575 e. The van der Waals surface area contributed by atoms with Crippen LogP contribution in [-0.2, 0) is 0 Å². The van der Waals surface area contributed by atoms with Gasteiger partial charge in [-0.3, -0.25) is 4.99 Å². The first-order chi connectivity index (χ1) is 5.40. The van der Waals surface area contributed by atoms with Crippen LogP contribution in [0.15, 0.2) is 41.7 Å². The van der Waals surface area contributed by atoms with Crippen LogP contribution in [0.1, 0.15) is 0 Å². The monoisotopic (exact) mass is 146 g/mol. The fourth-order valence-electron chi connectivity index (χ4n) is 1.38. The summed E-state index contributed by atoms with van der Waals surface area (Å²) in [4.78, 5) is 4.06. The molecular formula is C9H10N2. The van der Waals surface area contributed by atoms with Crippen molar-refractivity contribution in [2.24, 2.45) is 10.9 Å². The van der Waals surface area contributed by atoms with Crippen molar-refractivity contribution in [3.8, 4) is 0 Å². The summed E-state index contributed by atoms with van der Waals surface area (Å²) in [7, 11) is 0. The lowest BCUT2D eigenvalue weighted by atomic mass is 10.0. The van der Waals surface area contributed by atoms with Gasteiger partial charge >= 0.3 is 0 Å². The fraction of sp³-hybridized carbons (Fsp3) is 0.222. The molecule has 0 aliphatic carbocycles. The number of allylic oxidation sites excluding steroid dienone is 1. The van der Waals surface area contributed by atoms with E-state index in [1.54, 1.807) is 0 Å². The van der Waals surface area contributed by atoms with Crippen LogP contribution in [0.3, 0.4) is 0 Å². The average molecular weight is 146 g/mol. The minimum absolute atomic E-state index is 0.403. The Morgan fingerprint density at radius 1 is 1.64 bits per heavy atom. The lowest BCUT2D eigenvalue weighted by Crippen LogP contribution is -2.27. The third-order valence-corrected chi connectivity index (χ3v) is 1.98. The zero-order valence-corrected chi connectivity index (χ0v) is 6.20. The highest BCUT2D eigenvalue weighted by atomic mass is 15.0. The molecule has 0 amide bonds. The topological polar surface area (TPSA) is 24.4 Å². The van der Waals surface area contributed by atoms with Crippen LogP contribution in [0.5, 0.6) is 0 Å². The molecule has 2 atom stereocenters. The predicted octanol–water partition coefficient (Wildman–Crippen LogP) is 1.24. The van der Waals surface area contributed by atoms with Crippen molar-refractivity contribution in [1.29, 1.82) is 0 Å². The van der Waals surface area contributed by atoms with Gasteiger partial charge in [-0.05, 0) is 12.2 Å². The lowest BCUT2D eigenvalue weighted by molar-refractivity contribution is 0.672. The quantitative estimate of drug-likeness (QED) is 0.591. The van der Waals surface area contributed by atoms with E-state index in [0.29, 0.717) is 12.0 Å². The summed E-state index contributed by atoms with van der Waals surface area (Å²) in [5.74, 6) is 0.424. The largest absolute Gasteiger partial charge is 0.378 e. The second kappa shape index (κ2) is 2.38. The second-order valence-electron chi connectivity index (χ2n) is 2.71. The zero-order valence-electron chi connectivity index (χ0n) is 6.20. The van der Waals surface area contributed by atoms with Gasteiger partial charge in [-0.25, -0.2) is 0 Å². The maximum Gasteiger partial charge on any atom is 0.0575 e. The summed E-state index contributed by atoms with van der Waals surface area (Å²) in [6.45, 7) is 3.70. The highest BCUT2D eigenvalue weighted by molar-refractivity contribution is 5.69. The second-order valence-corrected chi connectivity index (χ2v) is 2.71. The SMILES string of the molecule is C=CC1=CC2C=NC=CC2N1. The van der Waals surface area contributed by atoms with Gasteiger partial charge in [0, 0.05) is 24.0 Å². The first-order valence-electron chi connectivity index (χ1n) is 3.71. The van der Waals surface area contributed by atoms with Gasteiger partial charge in [0.1, 0.15) is 0 Å². The number of nitrogens with zero attached hydrogens (tertiary/aromatic N) is 1. The van der Waals surface area contributed by atoms with Crippen molar-refractivity contribution in [3.63, 3.8) is 0 Å². The average Bonchev–Trinajstić information content (AvgIpc) is 2.46. The fourth-order valence-corrected chi connectivity index (χ4v) is 1.38. The molecule has 0 bridgehead atoms. The zero-order chi connectivity index (χ0) is 7.68. The Morgan fingerprint density at radius 2 is 2.55 bits per heavy atom. The van der Waals surface area contributed by atoms with Crippen LogP contribution in [0.25, 0.3) is 0 Å². The Balaban J connectivity index is 2.22. The van der Waals surface area contributed by atoms with Crippen molar-refractivity contribution < 1.29 is 0 Å². The number of rotatable bonds is 1. The first kappa shape index (κ1) is 6.40. The van der Waals surface area contributed by atoms with Crippen molar-refractivity contribution in [1.82, 2.24) is 5.32 Å². The Kier molecular flexibility index (Phi) is 1.39. The molecule has 0 saturated heterocycles. The van der Waals surface area contributed by atoms with Crippen LogP contribution < -0.4 is 5.32 Å². The molecule has 2 rings (SSSR count). The van der Waals surface area contributed by atoms with Crippen LogP contribution in [-0.4, -0.2) is 12.3 Å². The summed E-state index contributed by atoms with van der Waals surface area (Å²) >= 11 is 0. The first-order valence-corrected chi connectivity index (χ1v) is 3.71. The molecule has 2 nitrogen and oxygen atoms in total. The molecule has 11 heavy (non-hydrogen) atoms. The maximum absolute atomic E-state index is 4.06. The van der Waals surface area contributed by atoms with Gasteiger partial charge in [0.25, 0.3) is 0 Å². The summed E-state index contributed by atoms with van der Waals surface area (Å²) in [5.41, 5.74) is 1.11. The van der Waals surface area contributed by atoms with E-state index in [9.17, 15) is 0 Å². The minimum atomic E-state index is 0.403. The Bertz CT molecular complexity index is 261. The summed E-state index contributed by atoms with van der Waals surface area (Å²) in [5, 5.41) is 3.31. The van der Waals surface area contributed by atoms with Crippen molar-refractivity contribution in [2.75, 3.05) is 0 Å². The molecular weight excluding hydrogens is 136 g/mol. The van der Waals surface area contributed by atoms with E-state index in [0.717, 1.165) is 5.70 Å². The molecule has 0 fully saturated rings.